The van der Waals surface area contributed by atoms with Crippen molar-refractivity contribution in [2.24, 2.45) is 0 Å². The number of nitrogens with one attached hydrogen (secondary N) is 1. The van der Waals surface area contributed by atoms with Crippen LogP contribution in [0.1, 0.15) is 28.9 Å². The first-order chi connectivity index (χ1) is 10.6. The molecule has 0 fully saturated rings. The molecule has 0 bridgehead atoms. The largest absolute Gasteiger partial charge is 0.452 e. The van der Waals surface area contributed by atoms with E-state index in [2.05, 4.69) is 5.32 Å². The molecule has 4 nitrogen and oxygen atoms in total. The third kappa shape index (κ3) is 4.33. The van der Waals surface area contributed by atoms with E-state index < -0.39 is 5.97 Å². The van der Waals surface area contributed by atoms with Gasteiger partial charge in [0.15, 0.2) is 6.61 Å². The quantitative estimate of drug-likeness (QED) is 0.860. The van der Waals surface area contributed by atoms with Crippen molar-refractivity contribution in [2.45, 2.75) is 13.0 Å². The third-order valence-corrected chi connectivity index (χ3v) is 3.44. The minimum absolute atomic E-state index is 0.267. The lowest BCUT2D eigenvalue weighted by atomic mass is 10.1. The van der Waals surface area contributed by atoms with Gasteiger partial charge >= 0.3 is 5.97 Å². The lowest BCUT2D eigenvalue weighted by molar-refractivity contribution is -0.124. The lowest BCUT2D eigenvalue weighted by Gasteiger charge is -2.15. The molecule has 0 aromatic heterocycles. The van der Waals surface area contributed by atoms with E-state index in [9.17, 15) is 9.59 Å². The second kappa shape index (κ2) is 7.61. The highest BCUT2D eigenvalue weighted by atomic mass is 35.5. The molecule has 0 heterocycles. The molecule has 1 atom stereocenters. The molecule has 22 heavy (non-hydrogen) atoms. The van der Waals surface area contributed by atoms with Gasteiger partial charge in [-0.15, -0.1) is 0 Å². The molecule has 2 aromatic rings. The van der Waals surface area contributed by atoms with E-state index >= 15 is 0 Å². The van der Waals surface area contributed by atoms with Gasteiger partial charge in [0.1, 0.15) is 0 Å². The monoisotopic (exact) mass is 317 g/mol. The number of esters is 1. The van der Waals surface area contributed by atoms with Gasteiger partial charge in [-0.3, -0.25) is 4.79 Å². The average molecular weight is 318 g/mol. The van der Waals surface area contributed by atoms with Gasteiger partial charge in [0.05, 0.1) is 11.6 Å². The van der Waals surface area contributed by atoms with Crippen LogP contribution in [0.25, 0.3) is 0 Å². The highest BCUT2D eigenvalue weighted by molar-refractivity contribution is 6.31. The summed E-state index contributed by atoms with van der Waals surface area (Å²) in [6.07, 6.45) is 0. The van der Waals surface area contributed by atoms with Crippen molar-refractivity contribution in [1.82, 2.24) is 5.32 Å². The van der Waals surface area contributed by atoms with E-state index in [1.54, 1.807) is 36.4 Å². The molecular weight excluding hydrogens is 302 g/mol. The van der Waals surface area contributed by atoms with E-state index in [1.165, 1.54) is 0 Å². The summed E-state index contributed by atoms with van der Waals surface area (Å²) >= 11 is 6.07. The summed E-state index contributed by atoms with van der Waals surface area (Å²) in [6.45, 7) is 1.49. The maximum atomic E-state index is 11.8. The number of carbonyl (C=O) groups excluding carboxylic acids is 2. The molecule has 2 aromatic carbocycles. The maximum Gasteiger partial charge on any atom is 0.338 e. The molecule has 5 heteroatoms. The predicted molar refractivity (Wildman–Crippen MR) is 84.7 cm³/mol. The van der Waals surface area contributed by atoms with E-state index in [0.717, 1.165) is 5.56 Å². The Bertz CT molecular complexity index is 658. The number of halogens is 1. The van der Waals surface area contributed by atoms with Gasteiger partial charge in [-0.2, -0.15) is 0 Å². The molecule has 114 valence electrons. The summed E-state index contributed by atoms with van der Waals surface area (Å²) in [6, 6.07) is 15.5. The Kier molecular flexibility index (Phi) is 5.55. The SMILES string of the molecule is C[C@@H](NC(=O)COC(=O)c1ccccc1)c1ccccc1Cl. The molecule has 0 saturated carbocycles. The Labute approximate surface area is 134 Å². The van der Waals surface area contributed by atoms with Crippen LogP contribution in [0.4, 0.5) is 0 Å². The van der Waals surface area contributed by atoms with Crippen molar-refractivity contribution < 1.29 is 14.3 Å². The van der Waals surface area contributed by atoms with Crippen LogP contribution in [0.3, 0.4) is 0 Å². The molecule has 0 saturated heterocycles. The molecule has 0 spiro atoms. The van der Waals surface area contributed by atoms with E-state index in [-0.39, 0.29) is 18.6 Å². The van der Waals surface area contributed by atoms with E-state index in [1.807, 2.05) is 25.1 Å². The normalized spacial score (nSPS) is 11.5. The molecular formula is C17H16ClNO3. The number of carbonyl (C=O) groups is 2. The van der Waals surface area contributed by atoms with E-state index in [0.29, 0.717) is 10.6 Å². The van der Waals surface area contributed by atoms with Gasteiger partial charge < -0.3 is 10.1 Å². The molecule has 0 aliphatic heterocycles. The molecule has 2 rings (SSSR count). The Balaban J connectivity index is 1.86. The van der Waals surface area contributed by atoms with Crippen LogP contribution in [-0.4, -0.2) is 18.5 Å². The molecule has 0 aliphatic rings. The van der Waals surface area contributed by atoms with Crippen LogP contribution in [0.15, 0.2) is 54.6 Å². The highest BCUT2D eigenvalue weighted by Crippen LogP contribution is 2.21. The van der Waals surface area contributed by atoms with Crippen LogP contribution >= 0.6 is 11.6 Å². The van der Waals surface area contributed by atoms with Crippen LogP contribution in [0.5, 0.6) is 0 Å². The summed E-state index contributed by atoms with van der Waals surface area (Å²) < 4.78 is 4.97. The smallest absolute Gasteiger partial charge is 0.338 e. The third-order valence-electron chi connectivity index (χ3n) is 3.09. The number of hydrogen-bond acceptors (Lipinski definition) is 3. The van der Waals surface area contributed by atoms with Crippen LogP contribution in [-0.2, 0) is 9.53 Å². The van der Waals surface area contributed by atoms with Crippen molar-refractivity contribution in [2.75, 3.05) is 6.61 Å². The average Bonchev–Trinajstić information content (AvgIpc) is 2.53. The Hall–Kier alpha value is -2.33. The van der Waals surface area contributed by atoms with Crippen molar-refractivity contribution in [3.05, 3.63) is 70.7 Å². The van der Waals surface area contributed by atoms with Gasteiger partial charge in [-0.1, -0.05) is 48.0 Å². The minimum atomic E-state index is -0.527. The Morgan fingerprint density at radius 1 is 1.09 bits per heavy atom. The van der Waals surface area contributed by atoms with Crippen LogP contribution < -0.4 is 5.32 Å². The number of rotatable bonds is 5. The first-order valence-corrected chi connectivity index (χ1v) is 7.21. The summed E-state index contributed by atoms with van der Waals surface area (Å²) in [5.74, 6) is -0.905. The van der Waals surface area contributed by atoms with Crippen LogP contribution in [0, 0.1) is 0 Å². The second-order valence-corrected chi connectivity index (χ2v) is 5.16. The molecule has 0 unspecified atom stereocenters. The number of hydrogen-bond donors (Lipinski definition) is 1. The minimum Gasteiger partial charge on any atom is -0.452 e. The van der Waals surface area contributed by atoms with Gasteiger partial charge in [0.2, 0.25) is 0 Å². The second-order valence-electron chi connectivity index (χ2n) is 4.75. The van der Waals surface area contributed by atoms with Crippen molar-refractivity contribution >= 4 is 23.5 Å². The van der Waals surface area contributed by atoms with Crippen molar-refractivity contribution in [3.63, 3.8) is 0 Å². The summed E-state index contributed by atoms with van der Waals surface area (Å²) in [4.78, 5) is 23.6. The summed E-state index contributed by atoms with van der Waals surface area (Å²) in [5.41, 5.74) is 1.22. The van der Waals surface area contributed by atoms with E-state index in [4.69, 9.17) is 16.3 Å². The molecule has 1 N–H and O–H groups in total. The Morgan fingerprint density at radius 3 is 2.41 bits per heavy atom. The first-order valence-electron chi connectivity index (χ1n) is 6.84. The number of ether oxygens (including phenoxy) is 1. The summed E-state index contributed by atoms with van der Waals surface area (Å²) in [7, 11) is 0. The fraction of sp³-hybridized carbons (Fsp3) is 0.176. The Morgan fingerprint density at radius 2 is 1.73 bits per heavy atom. The van der Waals surface area contributed by atoms with Gasteiger partial charge in [0, 0.05) is 5.02 Å². The first kappa shape index (κ1) is 16.0. The predicted octanol–water partition coefficient (Wildman–Crippen LogP) is 3.37. The molecule has 0 aliphatic carbocycles. The fourth-order valence-electron chi connectivity index (χ4n) is 1.98. The van der Waals surface area contributed by atoms with Gasteiger partial charge in [-0.25, -0.2) is 4.79 Å². The van der Waals surface area contributed by atoms with Crippen LogP contribution in [0.2, 0.25) is 5.02 Å². The zero-order chi connectivity index (χ0) is 15.9. The fourth-order valence-corrected chi connectivity index (χ4v) is 2.28. The standard InChI is InChI=1S/C17H16ClNO3/c1-12(14-9-5-6-10-15(14)18)19-16(20)11-22-17(21)13-7-3-2-4-8-13/h2-10,12H,11H2,1H3,(H,19,20)/t12-/m1/s1. The van der Waals surface area contributed by atoms with Crippen molar-refractivity contribution in [1.29, 1.82) is 0 Å². The topological polar surface area (TPSA) is 55.4 Å². The maximum absolute atomic E-state index is 11.8. The highest BCUT2D eigenvalue weighted by Gasteiger charge is 2.14. The molecule has 1 amide bonds. The van der Waals surface area contributed by atoms with Gasteiger partial charge in [0.25, 0.3) is 5.91 Å². The number of amides is 1. The zero-order valence-corrected chi connectivity index (χ0v) is 12.8. The number of benzene rings is 2. The lowest BCUT2D eigenvalue weighted by Crippen LogP contribution is -2.31. The molecule has 0 radical (unpaired) electrons. The zero-order valence-electron chi connectivity index (χ0n) is 12.1. The van der Waals surface area contributed by atoms with Crippen molar-refractivity contribution in [3.8, 4) is 0 Å². The van der Waals surface area contributed by atoms with Gasteiger partial charge in [-0.05, 0) is 30.7 Å². The summed E-state index contributed by atoms with van der Waals surface area (Å²) in [5, 5.41) is 3.32.